The van der Waals surface area contributed by atoms with Gasteiger partial charge in [0, 0.05) is 16.0 Å². The fourth-order valence-corrected chi connectivity index (χ4v) is 3.45. The van der Waals surface area contributed by atoms with Crippen LogP contribution in [0.3, 0.4) is 0 Å². The highest BCUT2D eigenvalue weighted by Crippen LogP contribution is 2.44. The Balaban J connectivity index is 1.70. The van der Waals surface area contributed by atoms with Crippen LogP contribution in [0.25, 0.3) is 10.9 Å². The standard InChI is InChI=1S/C15H15N3S/c1-3-12(11-9-16-18-13(11)4-1)17-15(10-6-7-10)14-5-2-8-19-14/h1-5,8-10,15,17H,6-7H2,(H,16,18). The van der Waals surface area contributed by atoms with Gasteiger partial charge in [-0.2, -0.15) is 5.10 Å². The molecule has 96 valence electrons. The van der Waals surface area contributed by atoms with Crippen molar-refractivity contribution < 1.29 is 0 Å². The van der Waals surface area contributed by atoms with Gasteiger partial charge in [0.1, 0.15) is 0 Å². The molecule has 1 fully saturated rings. The van der Waals surface area contributed by atoms with Crippen LogP contribution in [0.1, 0.15) is 23.8 Å². The minimum absolute atomic E-state index is 0.445. The van der Waals surface area contributed by atoms with E-state index in [1.165, 1.54) is 28.8 Å². The third-order valence-electron chi connectivity index (χ3n) is 3.74. The van der Waals surface area contributed by atoms with Crippen molar-refractivity contribution in [1.82, 2.24) is 10.2 Å². The maximum atomic E-state index is 4.13. The van der Waals surface area contributed by atoms with Crippen molar-refractivity contribution in [2.24, 2.45) is 5.92 Å². The summed E-state index contributed by atoms with van der Waals surface area (Å²) in [6.45, 7) is 0. The number of hydrogen-bond acceptors (Lipinski definition) is 3. The van der Waals surface area contributed by atoms with Gasteiger partial charge in [0.25, 0.3) is 0 Å². The van der Waals surface area contributed by atoms with Crippen LogP contribution in [0.15, 0.2) is 41.9 Å². The Morgan fingerprint density at radius 3 is 3.00 bits per heavy atom. The fraction of sp³-hybridized carbons (Fsp3) is 0.267. The molecule has 3 nitrogen and oxygen atoms in total. The Hall–Kier alpha value is -1.81. The van der Waals surface area contributed by atoms with E-state index in [1.54, 1.807) is 0 Å². The van der Waals surface area contributed by atoms with E-state index in [1.807, 2.05) is 17.5 Å². The largest absolute Gasteiger partial charge is 0.377 e. The van der Waals surface area contributed by atoms with Crippen molar-refractivity contribution >= 4 is 27.9 Å². The van der Waals surface area contributed by atoms with Gasteiger partial charge in [-0.1, -0.05) is 12.1 Å². The zero-order valence-electron chi connectivity index (χ0n) is 10.5. The Kier molecular flexibility index (Phi) is 2.55. The number of thiophene rings is 1. The van der Waals surface area contributed by atoms with Gasteiger partial charge in [0.05, 0.1) is 17.8 Å². The van der Waals surface area contributed by atoms with Crippen molar-refractivity contribution in [2.75, 3.05) is 5.32 Å². The predicted molar refractivity (Wildman–Crippen MR) is 79.5 cm³/mol. The molecule has 3 aromatic rings. The predicted octanol–water partition coefficient (Wildman–Crippen LogP) is 4.19. The fourth-order valence-electron chi connectivity index (χ4n) is 2.58. The lowest BCUT2D eigenvalue weighted by molar-refractivity contribution is 0.692. The quantitative estimate of drug-likeness (QED) is 0.745. The van der Waals surface area contributed by atoms with E-state index in [2.05, 4.69) is 51.2 Å². The topological polar surface area (TPSA) is 40.7 Å². The molecule has 1 atom stereocenters. The average molecular weight is 269 g/mol. The average Bonchev–Trinajstić information content (AvgIpc) is 2.94. The number of anilines is 1. The first-order valence-corrected chi connectivity index (χ1v) is 7.52. The number of nitrogens with one attached hydrogen (secondary N) is 2. The van der Waals surface area contributed by atoms with E-state index >= 15 is 0 Å². The zero-order valence-corrected chi connectivity index (χ0v) is 11.3. The van der Waals surface area contributed by atoms with Gasteiger partial charge >= 0.3 is 0 Å². The molecule has 2 N–H and O–H groups in total. The Morgan fingerprint density at radius 1 is 1.26 bits per heavy atom. The highest BCUT2D eigenvalue weighted by molar-refractivity contribution is 7.10. The summed E-state index contributed by atoms with van der Waals surface area (Å²) in [6.07, 6.45) is 4.56. The molecule has 0 saturated heterocycles. The number of rotatable bonds is 4. The maximum absolute atomic E-state index is 4.13. The molecule has 0 radical (unpaired) electrons. The van der Waals surface area contributed by atoms with Crippen LogP contribution in [0.2, 0.25) is 0 Å². The summed E-state index contributed by atoms with van der Waals surface area (Å²) in [6, 6.07) is 11.1. The zero-order chi connectivity index (χ0) is 12.7. The summed E-state index contributed by atoms with van der Waals surface area (Å²) >= 11 is 1.84. The van der Waals surface area contributed by atoms with Crippen LogP contribution < -0.4 is 5.32 Å². The van der Waals surface area contributed by atoms with E-state index in [0.717, 1.165) is 11.4 Å². The van der Waals surface area contributed by atoms with Crippen molar-refractivity contribution in [1.29, 1.82) is 0 Å². The van der Waals surface area contributed by atoms with Gasteiger partial charge in [-0.3, -0.25) is 5.10 Å². The molecule has 2 heterocycles. The summed E-state index contributed by atoms with van der Waals surface area (Å²) in [4.78, 5) is 1.43. The Morgan fingerprint density at radius 2 is 2.21 bits per heavy atom. The number of aromatic amines is 1. The number of aromatic nitrogens is 2. The molecule has 0 aliphatic heterocycles. The van der Waals surface area contributed by atoms with Crippen LogP contribution in [0.4, 0.5) is 5.69 Å². The molecular formula is C15H15N3S. The number of fused-ring (bicyclic) bond motifs is 1. The number of hydrogen-bond donors (Lipinski definition) is 2. The first-order chi connectivity index (χ1) is 9.42. The first kappa shape index (κ1) is 11.1. The summed E-state index contributed by atoms with van der Waals surface area (Å²) < 4.78 is 0. The van der Waals surface area contributed by atoms with Crippen molar-refractivity contribution in [3.05, 3.63) is 46.8 Å². The summed E-state index contributed by atoms with van der Waals surface area (Å²) in [5, 5.41) is 14.2. The summed E-state index contributed by atoms with van der Waals surface area (Å²) in [7, 11) is 0. The lowest BCUT2D eigenvalue weighted by Crippen LogP contribution is -2.11. The van der Waals surface area contributed by atoms with Gasteiger partial charge in [-0.05, 0) is 42.3 Å². The number of nitrogens with zero attached hydrogens (tertiary/aromatic N) is 1. The molecule has 4 heteroatoms. The minimum Gasteiger partial charge on any atom is -0.377 e. The van der Waals surface area contributed by atoms with Crippen LogP contribution >= 0.6 is 11.3 Å². The van der Waals surface area contributed by atoms with Crippen LogP contribution in [0.5, 0.6) is 0 Å². The highest BCUT2D eigenvalue weighted by atomic mass is 32.1. The second-order valence-corrected chi connectivity index (χ2v) is 6.09. The van der Waals surface area contributed by atoms with Crippen LogP contribution in [-0.4, -0.2) is 10.2 Å². The smallest absolute Gasteiger partial charge is 0.0671 e. The molecule has 0 bridgehead atoms. The molecule has 1 unspecified atom stereocenters. The SMILES string of the molecule is c1csc(C(Nc2cccc3[nH]ncc23)C2CC2)c1. The molecular weight excluding hydrogens is 254 g/mol. The van der Waals surface area contributed by atoms with Crippen LogP contribution in [-0.2, 0) is 0 Å². The molecule has 1 aliphatic rings. The normalized spacial score (nSPS) is 16.6. The monoisotopic (exact) mass is 269 g/mol. The molecule has 19 heavy (non-hydrogen) atoms. The van der Waals surface area contributed by atoms with E-state index < -0.39 is 0 Å². The molecule has 0 spiro atoms. The van der Waals surface area contributed by atoms with Crippen LogP contribution in [0, 0.1) is 5.92 Å². The van der Waals surface area contributed by atoms with Crippen molar-refractivity contribution in [2.45, 2.75) is 18.9 Å². The minimum atomic E-state index is 0.445. The number of H-pyrrole nitrogens is 1. The maximum Gasteiger partial charge on any atom is 0.0671 e. The Labute approximate surface area is 115 Å². The second kappa shape index (κ2) is 4.38. The Bertz CT molecular complexity index is 682. The van der Waals surface area contributed by atoms with E-state index in [-0.39, 0.29) is 0 Å². The third kappa shape index (κ3) is 2.02. The van der Waals surface area contributed by atoms with E-state index in [9.17, 15) is 0 Å². The van der Waals surface area contributed by atoms with Gasteiger partial charge in [-0.15, -0.1) is 11.3 Å². The first-order valence-electron chi connectivity index (χ1n) is 6.64. The van der Waals surface area contributed by atoms with E-state index in [0.29, 0.717) is 6.04 Å². The van der Waals surface area contributed by atoms with Gasteiger partial charge in [-0.25, -0.2) is 0 Å². The summed E-state index contributed by atoms with van der Waals surface area (Å²) in [5.41, 5.74) is 2.27. The van der Waals surface area contributed by atoms with Crippen molar-refractivity contribution in [3.8, 4) is 0 Å². The molecule has 2 aromatic heterocycles. The van der Waals surface area contributed by atoms with Gasteiger partial charge in [0.2, 0.25) is 0 Å². The molecule has 1 saturated carbocycles. The highest BCUT2D eigenvalue weighted by Gasteiger charge is 2.33. The van der Waals surface area contributed by atoms with Gasteiger partial charge < -0.3 is 5.32 Å². The molecule has 1 aromatic carbocycles. The number of benzene rings is 1. The lowest BCUT2D eigenvalue weighted by Gasteiger charge is -2.18. The van der Waals surface area contributed by atoms with Gasteiger partial charge in [0.15, 0.2) is 0 Å². The van der Waals surface area contributed by atoms with E-state index in [4.69, 9.17) is 0 Å². The molecule has 0 amide bonds. The van der Waals surface area contributed by atoms with Crippen molar-refractivity contribution in [3.63, 3.8) is 0 Å². The molecule has 1 aliphatic carbocycles. The molecule has 4 rings (SSSR count). The summed E-state index contributed by atoms with van der Waals surface area (Å²) in [5.74, 6) is 0.779. The lowest BCUT2D eigenvalue weighted by atomic mass is 10.1. The third-order valence-corrected chi connectivity index (χ3v) is 4.69. The second-order valence-electron chi connectivity index (χ2n) is 5.11.